The van der Waals surface area contributed by atoms with Gasteiger partial charge < -0.3 is 23.8 Å². The molecular weight excluding hydrogens is 478 g/mol. The average molecular weight is 653 g/mol. The second-order valence-electron chi connectivity index (χ2n) is 10.9. The molecular formula is C31H173N3O4. The molecule has 0 aliphatic rings. The highest BCUT2D eigenvalue weighted by Gasteiger charge is 2.20. The van der Waals surface area contributed by atoms with Crippen LogP contribution in [-0.2, 0) is 9.47 Å². The predicted molar refractivity (Wildman–Crippen MR) is 293 cm³/mol. The van der Waals surface area contributed by atoms with Gasteiger partial charge in [0, 0.05) is 124 Å². The fraction of sp³-hybridized carbons (Fsp3) is 0.484. The molecule has 38 heavy (non-hydrogen) atoms. The van der Waals surface area contributed by atoms with E-state index in [9.17, 15) is 0 Å². The van der Waals surface area contributed by atoms with E-state index >= 15 is 0 Å². The summed E-state index contributed by atoms with van der Waals surface area (Å²) in [6, 6.07) is 9.78. The Kier molecular flexibility index (Phi) is 9.59. The summed E-state index contributed by atoms with van der Waals surface area (Å²) in [5.41, 5.74) is 3.33. The zero-order chi connectivity index (χ0) is 28.0. The number of hydrogen-bond donors (Lipinski definition) is 0. The van der Waals surface area contributed by atoms with E-state index in [0.29, 0.717) is 24.7 Å². The molecule has 1 heterocycles. The number of anilines is 2. The third kappa shape index (κ3) is 7.83. The van der Waals surface area contributed by atoms with Crippen LogP contribution in [0.3, 0.4) is 0 Å². The van der Waals surface area contributed by atoms with E-state index < -0.39 is 0 Å². The van der Waals surface area contributed by atoms with Crippen molar-refractivity contribution in [1.29, 1.82) is 0 Å². The van der Waals surface area contributed by atoms with Crippen LogP contribution in [0.4, 0.5) is 11.5 Å². The Morgan fingerprint density at radius 3 is 2.39 bits per heavy atom. The van der Waals surface area contributed by atoms with Crippen molar-refractivity contribution in [2.24, 2.45) is 0 Å². The Morgan fingerprint density at radius 2 is 1.74 bits per heavy atom. The highest BCUT2D eigenvalue weighted by atomic mass is 16.6. The Bertz CT molecular complexity index is 1380. The van der Waals surface area contributed by atoms with E-state index in [1.807, 2.05) is 97.7 Å². The van der Waals surface area contributed by atoms with Gasteiger partial charge in [-0.1, -0.05) is 12.0 Å². The molecule has 0 radical (unpaired) electrons. The van der Waals surface area contributed by atoms with Crippen LogP contribution in [0.25, 0.3) is 10.9 Å². The molecule has 0 aliphatic carbocycles. The lowest BCUT2D eigenvalue weighted by molar-refractivity contribution is -0.0673. The van der Waals surface area contributed by atoms with E-state index in [1.54, 1.807) is 6.33 Å². The van der Waals surface area contributed by atoms with Crippen LogP contribution >= 0.6 is 0 Å². The SMILES string of the molecule is C#Cc1ccc(C)c(N(C)c2ncnc3cc(OC(C)COC(C)C)c(OCC(C)OC(C)(C)C)cc23)c1.[HH].[HH].[HH].[HH].[HH].[HH].[HH].[HH].[HH].[HH].[HH].[HH].[HH].[HH].[HH].[HH].[HH].[HH].[HH].[HH].[HH].[HH].[HH].[HH].[HH].[HH].[HH].[HH].[HH].[HH].[HH].[HH].[HH].[HH].[HH].[HH].[HH].[HH].[HH].[HH].[HH].[HH].[HH].[HH].[HH].[HH].[HH].[HH].[HH].[HH].[HH].[HH].[HH].[HH].[HH].[HH].[HH].[HH].[HH].[HH].[HH].[HH].[HH].[HH].[HH].[HH]. The van der Waals surface area contributed by atoms with Crippen molar-refractivity contribution in [3.05, 3.63) is 47.8 Å². The van der Waals surface area contributed by atoms with Gasteiger partial charge >= 0.3 is 0 Å². The lowest BCUT2D eigenvalue weighted by Gasteiger charge is -2.26. The molecule has 0 saturated heterocycles. The van der Waals surface area contributed by atoms with E-state index in [2.05, 4.69) is 15.9 Å². The molecule has 0 N–H and O–H groups in total. The van der Waals surface area contributed by atoms with E-state index in [1.165, 1.54) is 0 Å². The summed E-state index contributed by atoms with van der Waals surface area (Å²) in [7, 11) is 1.97. The Balaban J connectivity index is -0.00000000391. The Hall–Kier alpha value is -3.34. The lowest BCUT2D eigenvalue weighted by Crippen LogP contribution is -2.29. The zero-order valence-electron chi connectivity index (χ0n) is 24.2. The first-order chi connectivity index (χ1) is 17.9. The molecule has 336 valence electrons. The Labute approximate surface area is 325 Å². The quantitative estimate of drug-likeness (QED) is 0.191. The topological polar surface area (TPSA) is 65.9 Å². The van der Waals surface area contributed by atoms with Crippen LogP contribution in [0.2, 0.25) is 0 Å². The minimum absolute atomic E-state index is 0. The van der Waals surface area contributed by atoms with Crippen LogP contribution in [0.15, 0.2) is 36.7 Å². The maximum absolute atomic E-state index is 6.29. The molecule has 7 heteroatoms. The molecule has 2 unspecified atom stereocenters. The van der Waals surface area contributed by atoms with Gasteiger partial charge in [-0.3, -0.25) is 0 Å². The van der Waals surface area contributed by atoms with Crippen LogP contribution < -0.4 is 14.4 Å². The molecule has 0 bridgehead atoms. The summed E-state index contributed by atoms with van der Waals surface area (Å²) in [5.74, 6) is 4.64. The molecule has 0 saturated carbocycles. The standard InChI is InChI=1S/C31H41N3O4.66H2/c1-11-24-13-12-21(4)27(14-24)34(10)30-25-15-28(36-18-23(6)38-31(7,8)9)29(16-26(25)32-19-33-30)37-22(5)17-35-20(2)3;;;;;;;;;;;;;;;;;;;;;;;;;;;;;;;;;;;;;;;;;;;;;;;;;;;;;;;;;;;;;;;;;;/h1,12-16,19-20,22-23H,17-18H2,2-10H3;66*1H. The van der Waals surface area contributed by atoms with Crippen molar-refractivity contribution >= 4 is 22.4 Å². The first kappa shape index (κ1) is 29.2. The van der Waals surface area contributed by atoms with Crippen LogP contribution in [-0.4, -0.2) is 54.1 Å². The van der Waals surface area contributed by atoms with E-state index in [0.717, 1.165) is 33.5 Å². The molecule has 0 amide bonds. The number of terminal acetylenes is 1. The van der Waals surface area contributed by atoms with Gasteiger partial charge in [0.05, 0.1) is 29.9 Å². The van der Waals surface area contributed by atoms with Gasteiger partial charge in [0.2, 0.25) is 0 Å². The molecule has 2 aromatic carbocycles. The summed E-state index contributed by atoms with van der Waals surface area (Å²) in [6.45, 7) is 16.9. The first-order valence-corrected chi connectivity index (χ1v) is 13.1. The second kappa shape index (κ2) is 12.5. The molecule has 1 aromatic heterocycles. The summed E-state index contributed by atoms with van der Waals surface area (Å²) in [6.07, 6.45) is 7.04. The smallest absolute Gasteiger partial charge is 0.163 e. The lowest BCUT2D eigenvalue weighted by atomic mass is 10.1. The van der Waals surface area contributed by atoms with E-state index in [4.69, 9.17) is 25.4 Å². The summed E-state index contributed by atoms with van der Waals surface area (Å²) in [5, 5.41) is 0.832. The Morgan fingerprint density at radius 1 is 1.00 bits per heavy atom. The third-order valence-electron chi connectivity index (χ3n) is 5.76. The predicted octanol–water partition coefficient (Wildman–Crippen LogP) is 22.7. The van der Waals surface area contributed by atoms with Gasteiger partial charge in [0.25, 0.3) is 0 Å². The minimum atomic E-state index is -0.275. The molecule has 0 aliphatic heterocycles. The number of ether oxygens (including phenoxy) is 4. The number of aromatic nitrogens is 2. The van der Waals surface area contributed by atoms with E-state index in [-0.39, 0.29) is 118 Å². The average Bonchev–Trinajstić information content (AvgIpc) is 2.84. The first-order valence-electron chi connectivity index (χ1n) is 13.1. The van der Waals surface area contributed by atoms with Gasteiger partial charge in [0.1, 0.15) is 24.9 Å². The van der Waals surface area contributed by atoms with Gasteiger partial charge in [-0.15, -0.1) is 6.42 Å². The number of hydrogen-bond acceptors (Lipinski definition) is 7. The largest absolute Gasteiger partial charge is 0.487 e. The maximum atomic E-state index is 6.29. The van der Waals surface area contributed by atoms with Crippen molar-refractivity contribution in [3.8, 4) is 23.8 Å². The molecule has 2 atom stereocenters. The molecule has 3 rings (SSSR count). The van der Waals surface area contributed by atoms with Crippen LogP contribution in [0, 0.1) is 19.3 Å². The number of rotatable bonds is 11. The summed E-state index contributed by atoms with van der Waals surface area (Å²) in [4.78, 5) is 11.2. The minimum Gasteiger partial charge on any atom is -0.487 e. The monoisotopic (exact) mass is 652 g/mol. The third-order valence-corrected chi connectivity index (χ3v) is 5.76. The van der Waals surface area contributed by atoms with Crippen molar-refractivity contribution in [3.63, 3.8) is 0 Å². The number of fused-ring (bicyclic) bond motifs is 1. The highest BCUT2D eigenvalue weighted by molar-refractivity contribution is 5.94. The molecule has 7 nitrogen and oxygen atoms in total. The number of nitrogens with zero attached hydrogens (tertiary/aromatic N) is 3. The van der Waals surface area contributed by atoms with Gasteiger partial charge in [-0.05, 0) is 79.2 Å². The van der Waals surface area contributed by atoms with Crippen molar-refractivity contribution in [2.75, 3.05) is 25.2 Å². The van der Waals surface area contributed by atoms with Crippen molar-refractivity contribution < 1.29 is 113 Å². The van der Waals surface area contributed by atoms with Crippen LogP contribution in [0.1, 0.15) is 154 Å². The maximum Gasteiger partial charge on any atom is 0.163 e. The summed E-state index contributed by atoms with van der Waals surface area (Å²) < 4.78 is 24.4. The normalized spacial score (nSPS) is 13.3. The zero-order valence-corrected chi connectivity index (χ0v) is 24.2. The molecule has 0 fully saturated rings. The number of aryl methyl sites for hydroxylation is 1. The van der Waals surface area contributed by atoms with Crippen molar-refractivity contribution in [1.82, 2.24) is 9.97 Å². The fourth-order valence-electron chi connectivity index (χ4n) is 4.12. The van der Waals surface area contributed by atoms with Gasteiger partial charge in [-0.25, -0.2) is 9.97 Å². The van der Waals surface area contributed by atoms with Crippen LogP contribution in [0.5, 0.6) is 11.5 Å². The van der Waals surface area contributed by atoms with Gasteiger partial charge in [-0.2, -0.15) is 0 Å². The van der Waals surface area contributed by atoms with Gasteiger partial charge in [0.15, 0.2) is 11.5 Å². The molecule has 0 spiro atoms. The molecule has 3 aromatic rings. The fourth-order valence-corrected chi connectivity index (χ4v) is 4.12. The number of benzene rings is 2. The van der Waals surface area contributed by atoms with Crippen molar-refractivity contribution in [2.45, 2.75) is 79.3 Å². The second-order valence-corrected chi connectivity index (χ2v) is 10.9. The summed E-state index contributed by atoms with van der Waals surface area (Å²) >= 11 is 0. The highest BCUT2D eigenvalue weighted by Crippen LogP contribution is 2.38.